The van der Waals surface area contributed by atoms with Crippen LogP contribution in [0.1, 0.15) is 30.9 Å². The molecule has 0 aliphatic rings. The highest BCUT2D eigenvalue weighted by Gasteiger charge is 2.12. The van der Waals surface area contributed by atoms with Crippen LogP contribution in [-0.2, 0) is 22.3 Å². The van der Waals surface area contributed by atoms with Gasteiger partial charge in [-0.05, 0) is 50.6 Å². The average Bonchev–Trinajstić information content (AvgIpc) is 3.14. The van der Waals surface area contributed by atoms with Gasteiger partial charge in [0.2, 0.25) is 5.89 Å². The van der Waals surface area contributed by atoms with Gasteiger partial charge in [0.1, 0.15) is 11.5 Å². The van der Waals surface area contributed by atoms with Crippen LogP contribution in [0.25, 0.3) is 11.5 Å². The van der Waals surface area contributed by atoms with Crippen molar-refractivity contribution >= 4 is 0 Å². The largest absolute Gasteiger partial charge is 0.493 e. The Kier molecular flexibility index (Phi) is 8.48. The molecule has 5 heteroatoms. The van der Waals surface area contributed by atoms with Crippen LogP contribution in [0.4, 0.5) is 0 Å². The Morgan fingerprint density at radius 2 is 1.73 bits per heavy atom. The molecule has 0 radical (unpaired) electrons. The van der Waals surface area contributed by atoms with Crippen molar-refractivity contribution in [1.82, 2.24) is 4.98 Å². The van der Waals surface area contributed by atoms with Crippen LogP contribution >= 0.6 is 0 Å². The molecule has 0 unspecified atom stereocenters. The maximum Gasteiger partial charge on any atom is 0.226 e. The molecule has 3 aromatic rings. The first-order valence-corrected chi connectivity index (χ1v) is 10.6. The summed E-state index contributed by atoms with van der Waals surface area (Å²) < 4.78 is 23.0. The van der Waals surface area contributed by atoms with Gasteiger partial charge in [0.15, 0.2) is 0 Å². The second-order valence-corrected chi connectivity index (χ2v) is 7.07. The Morgan fingerprint density at radius 3 is 2.43 bits per heavy atom. The topological polar surface area (TPSA) is 53.7 Å². The second-order valence-electron chi connectivity index (χ2n) is 7.07. The summed E-state index contributed by atoms with van der Waals surface area (Å²) >= 11 is 0. The Labute approximate surface area is 179 Å². The lowest BCUT2D eigenvalue weighted by Gasteiger charge is -2.17. The molecule has 0 amide bonds. The molecule has 1 atom stereocenters. The fourth-order valence-electron chi connectivity index (χ4n) is 3.27. The molecule has 1 heterocycles. The van der Waals surface area contributed by atoms with Crippen molar-refractivity contribution in [3.8, 4) is 17.2 Å². The summed E-state index contributed by atoms with van der Waals surface area (Å²) in [4.78, 5) is 4.63. The van der Waals surface area contributed by atoms with Crippen molar-refractivity contribution in [2.45, 2.75) is 39.7 Å². The summed E-state index contributed by atoms with van der Waals surface area (Å²) in [6, 6.07) is 18.1. The van der Waals surface area contributed by atoms with E-state index >= 15 is 0 Å². The zero-order valence-corrected chi connectivity index (χ0v) is 18.1. The summed E-state index contributed by atoms with van der Waals surface area (Å²) in [6.45, 7) is 8.51. The summed E-state index contributed by atoms with van der Waals surface area (Å²) in [5.74, 6) is 2.34. The second kappa shape index (κ2) is 11.5. The smallest absolute Gasteiger partial charge is 0.226 e. The van der Waals surface area contributed by atoms with E-state index in [-0.39, 0.29) is 6.10 Å². The molecule has 0 bridgehead atoms. The maximum atomic E-state index is 5.91. The molecule has 2 aromatic carbocycles. The van der Waals surface area contributed by atoms with Crippen LogP contribution in [-0.4, -0.2) is 37.5 Å². The lowest BCUT2D eigenvalue weighted by Crippen LogP contribution is -2.22. The number of ether oxygens (including phenoxy) is 3. The van der Waals surface area contributed by atoms with Gasteiger partial charge < -0.3 is 18.6 Å². The van der Waals surface area contributed by atoms with Gasteiger partial charge in [-0.2, -0.15) is 0 Å². The van der Waals surface area contributed by atoms with Gasteiger partial charge in [-0.15, -0.1) is 0 Å². The number of hydrogen-bond donors (Lipinski definition) is 0. The third kappa shape index (κ3) is 6.44. The normalized spacial score (nSPS) is 12.1. The summed E-state index contributed by atoms with van der Waals surface area (Å²) in [7, 11) is 0. The van der Waals surface area contributed by atoms with Crippen molar-refractivity contribution in [2.75, 3.05) is 26.4 Å². The van der Waals surface area contributed by atoms with Crippen molar-refractivity contribution in [1.29, 1.82) is 0 Å². The number of aryl methyl sites for hydroxylation is 1. The van der Waals surface area contributed by atoms with Crippen molar-refractivity contribution in [3.63, 3.8) is 0 Å². The zero-order valence-electron chi connectivity index (χ0n) is 18.1. The molecule has 5 nitrogen and oxygen atoms in total. The number of rotatable bonds is 12. The van der Waals surface area contributed by atoms with Gasteiger partial charge in [0, 0.05) is 31.6 Å². The van der Waals surface area contributed by atoms with Gasteiger partial charge in [-0.3, -0.25) is 0 Å². The molecule has 0 spiro atoms. The Morgan fingerprint density at radius 1 is 0.967 bits per heavy atom. The van der Waals surface area contributed by atoms with Gasteiger partial charge in [0.25, 0.3) is 0 Å². The minimum atomic E-state index is 0.0793. The minimum Gasteiger partial charge on any atom is -0.493 e. The molecular formula is C25H31NO4. The molecule has 160 valence electrons. The SMILES string of the molecule is CCOC[C@H](Cc1ccc(OCCc2nc(-c3ccccc3)oc2C)cc1)OCC. The molecule has 30 heavy (non-hydrogen) atoms. The van der Waals surface area contributed by atoms with E-state index in [1.54, 1.807) is 0 Å². The van der Waals surface area contributed by atoms with Crippen molar-refractivity contribution < 1.29 is 18.6 Å². The molecule has 0 saturated heterocycles. The number of aromatic nitrogens is 1. The maximum absolute atomic E-state index is 5.91. The highest BCUT2D eigenvalue weighted by Crippen LogP contribution is 2.22. The third-order valence-electron chi connectivity index (χ3n) is 4.82. The molecule has 0 aliphatic carbocycles. The quantitative estimate of drug-likeness (QED) is 0.409. The monoisotopic (exact) mass is 409 g/mol. The van der Waals surface area contributed by atoms with E-state index in [1.165, 1.54) is 5.56 Å². The van der Waals surface area contributed by atoms with Crippen LogP contribution in [0, 0.1) is 6.92 Å². The predicted octanol–water partition coefficient (Wildman–Crippen LogP) is 5.26. The summed E-state index contributed by atoms with van der Waals surface area (Å²) in [5, 5.41) is 0. The molecule has 0 N–H and O–H groups in total. The number of oxazole rings is 1. The van der Waals surface area contributed by atoms with Crippen LogP contribution in [0.2, 0.25) is 0 Å². The van der Waals surface area contributed by atoms with E-state index in [0.717, 1.165) is 29.2 Å². The fraction of sp³-hybridized carbons (Fsp3) is 0.400. The molecular weight excluding hydrogens is 378 g/mol. The third-order valence-corrected chi connectivity index (χ3v) is 4.82. The molecule has 0 aliphatic heterocycles. The lowest BCUT2D eigenvalue weighted by molar-refractivity contribution is -0.00769. The van der Waals surface area contributed by atoms with E-state index in [2.05, 4.69) is 17.1 Å². The van der Waals surface area contributed by atoms with E-state index < -0.39 is 0 Å². The first-order valence-electron chi connectivity index (χ1n) is 10.6. The molecule has 0 fully saturated rings. The van der Waals surface area contributed by atoms with Crippen LogP contribution in [0.5, 0.6) is 5.75 Å². The highest BCUT2D eigenvalue weighted by atomic mass is 16.5. The average molecular weight is 410 g/mol. The number of hydrogen-bond acceptors (Lipinski definition) is 5. The minimum absolute atomic E-state index is 0.0793. The first-order chi connectivity index (χ1) is 14.7. The van der Waals surface area contributed by atoms with Crippen LogP contribution in [0.3, 0.4) is 0 Å². The van der Waals surface area contributed by atoms with E-state index in [9.17, 15) is 0 Å². The Balaban J connectivity index is 1.50. The highest BCUT2D eigenvalue weighted by molar-refractivity contribution is 5.53. The van der Waals surface area contributed by atoms with E-state index in [0.29, 0.717) is 38.7 Å². The number of nitrogens with zero attached hydrogens (tertiary/aromatic N) is 1. The summed E-state index contributed by atoms with van der Waals surface area (Å²) in [6.07, 6.45) is 1.61. The number of benzene rings is 2. The van der Waals surface area contributed by atoms with Gasteiger partial charge >= 0.3 is 0 Å². The Bertz CT molecular complexity index is 874. The van der Waals surface area contributed by atoms with Crippen LogP contribution in [0.15, 0.2) is 59.0 Å². The van der Waals surface area contributed by atoms with Gasteiger partial charge in [-0.1, -0.05) is 30.3 Å². The standard InChI is InChI=1S/C25H31NO4/c1-4-27-18-23(28-5-2)17-20-11-13-22(14-12-20)29-16-15-24-19(3)30-25(26-24)21-9-7-6-8-10-21/h6-14,23H,4-5,15-18H2,1-3H3/t23-/m0/s1. The van der Waals surface area contributed by atoms with Gasteiger partial charge in [0.05, 0.1) is 25.0 Å². The van der Waals surface area contributed by atoms with Gasteiger partial charge in [-0.25, -0.2) is 4.98 Å². The van der Waals surface area contributed by atoms with E-state index in [1.807, 2.05) is 63.2 Å². The molecule has 0 saturated carbocycles. The molecule has 1 aromatic heterocycles. The fourth-order valence-corrected chi connectivity index (χ4v) is 3.27. The lowest BCUT2D eigenvalue weighted by atomic mass is 10.1. The van der Waals surface area contributed by atoms with E-state index in [4.69, 9.17) is 18.6 Å². The predicted molar refractivity (Wildman–Crippen MR) is 118 cm³/mol. The van der Waals surface area contributed by atoms with Crippen LogP contribution < -0.4 is 4.74 Å². The zero-order chi connectivity index (χ0) is 21.2. The summed E-state index contributed by atoms with van der Waals surface area (Å²) in [5.41, 5.74) is 3.12. The van der Waals surface area contributed by atoms with Crippen molar-refractivity contribution in [3.05, 3.63) is 71.6 Å². The van der Waals surface area contributed by atoms with Crippen molar-refractivity contribution in [2.24, 2.45) is 0 Å². The Hall–Kier alpha value is -2.63. The first kappa shape index (κ1) is 22.1. The molecule has 3 rings (SSSR count).